The van der Waals surface area contributed by atoms with E-state index in [4.69, 9.17) is 0 Å². The molecule has 5 rings (SSSR count). The van der Waals surface area contributed by atoms with Gasteiger partial charge in [-0.2, -0.15) is 0 Å². The second-order valence-corrected chi connectivity index (χ2v) is 11.9. The molecule has 3 fully saturated rings. The predicted octanol–water partition coefficient (Wildman–Crippen LogP) is 2.20. The molecule has 172 valence electrons. The van der Waals surface area contributed by atoms with E-state index < -0.39 is 9.84 Å². The van der Waals surface area contributed by atoms with Crippen molar-refractivity contribution in [1.82, 2.24) is 14.9 Å². The standard InChI is InChI=1S/C24H32N4O3S/c1-17-4-6-18(7-5-17)21-15-22(21)25-10-2-3-19-16-28(20-8-9-20)24(29)23(26-19)27-11-13-32(30,31)14-12-27/h4-7,16,20-22,25H,2-3,8-15H2,1H3/t21-,22+/m0/s1. The minimum atomic E-state index is -2.99. The Morgan fingerprint density at radius 2 is 1.84 bits per heavy atom. The third-order valence-electron chi connectivity index (χ3n) is 6.86. The van der Waals surface area contributed by atoms with Crippen molar-refractivity contribution in [1.29, 1.82) is 0 Å². The van der Waals surface area contributed by atoms with Gasteiger partial charge in [-0.05, 0) is 51.1 Å². The highest BCUT2D eigenvalue weighted by Crippen LogP contribution is 2.40. The van der Waals surface area contributed by atoms with Crippen molar-refractivity contribution < 1.29 is 8.42 Å². The lowest BCUT2D eigenvalue weighted by Gasteiger charge is -2.28. The summed E-state index contributed by atoms with van der Waals surface area (Å²) in [6.07, 6.45) is 6.94. The number of aromatic nitrogens is 2. The molecule has 0 amide bonds. The Bertz CT molecular complexity index is 1120. The van der Waals surface area contributed by atoms with Crippen molar-refractivity contribution in [3.8, 4) is 0 Å². The maximum atomic E-state index is 13.0. The molecule has 1 saturated heterocycles. The number of sulfone groups is 1. The lowest BCUT2D eigenvalue weighted by molar-refractivity contribution is 0.584. The number of aryl methyl sites for hydroxylation is 2. The molecule has 8 heteroatoms. The van der Waals surface area contributed by atoms with E-state index in [1.165, 1.54) is 17.5 Å². The average molecular weight is 457 g/mol. The topological polar surface area (TPSA) is 84.3 Å². The maximum absolute atomic E-state index is 13.0. The van der Waals surface area contributed by atoms with Crippen LogP contribution in [0.5, 0.6) is 0 Å². The quantitative estimate of drug-likeness (QED) is 0.613. The van der Waals surface area contributed by atoms with Crippen LogP contribution in [0.4, 0.5) is 5.82 Å². The van der Waals surface area contributed by atoms with Gasteiger partial charge in [-0.1, -0.05) is 29.8 Å². The molecule has 32 heavy (non-hydrogen) atoms. The van der Waals surface area contributed by atoms with Gasteiger partial charge in [-0.15, -0.1) is 0 Å². The number of hydrogen-bond acceptors (Lipinski definition) is 6. The van der Waals surface area contributed by atoms with Gasteiger partial charge in [0.1, 0.15) is 0 Å². The molecular weight excluding hydrogens is 424 g/mol. The van der Waals surface area contributed by atoms with Crippen LogP contribution < -0.4 is 15.8 Å². The van der Waals surface area contributed by atoms with E-state index in [0.29, 0.717) is 30.9 Å². The molecule has 2 saturated carbocycles. The van der Waals surface area contributed by atoms with Gasteiger partial charge >= 0.3 is 0 Å². The number of nitrogens with one attached hydrogen (secondary N) is 1. The molecular formula is C24H32N4O3S. The molecule has 7 nitrogen and oxygen atoms in total. The fraction of sp³-hybridized carbons (Fsp3) is 0.583. The number of nitrogens with zero attached hydrogens (tertiary/aromatic N) is 3. The third-order valence-corrected chi connectivity index (χ3v) is 8.47. The highest BCUT2D eigenvalue weighted by atomic mass is 32.2. The number of benzene rings is 1. The van der Waals surface area contributed by atoms with Crippen LogP contribution in [-0.2, 0) is 16.3 Å². The Morgan fingerprint density at radius 1 is 1.12 bits per heavy atom. The van der Waals surface area contributed by atoms with Crippen molar-refractivity contribution in [2.24, 2.45) is 0 Å². The zero-order chi connectivity index (χ0) is 22.3. The number of hydrogen-bond donors (Lipinski definition) is 1. The summed E-state index contributed by atoms with van der Waals surface area (Å²) >= 11 is 0. The zero-order valence-corrected chi connectivity index (χ0v) is 19.5. The van der Waals surface area contributed by atoms with E-state index in [1.54, 1.807) is 0 Å². The highest BCUT2D eigenvalue weighted by molar-refractivity contribution is 7.91. The lowest BCUT2D eigenvalue weighted by Crippen LogP contribution is -2.44. The second-order valence-electron chi connectivity index (χ2n) is 9.56. The first-order valence-electron chi connectivity index (χ1n) is 11.8. The minimum absolute atomic E-state index is 0.0763. The summed E-state index contributed by atoms with van der Waals surface area (Å²) in [7, 11) is -2.99. The van der Waals surface area contributed by atoms with Crippen LogP contribution in [-0.4, -0.2) is 55.2 Å². The zero-order valence-electron chi connectivity index (χ0n) is 18.7. The first kappa shape index (κ1) is 21.6. The molecule has 0 unspecified atom stereocenters. The Morgan fingerprint density at radius 3 is 2.53 bits per heavy atom. The van der Waals surface area contributed by atoms with Crippen LogP contribution in [0.1, 0.15) is 54.5 Å². The SMILES string of the molecule is Cc1ccc([C@@H]2C[C@H]2NCCCc2cn(C3CC3)c(=O)c(N3CCS(=O)(=O)CC3)n2)cc1. The molecule has 2 atom stereocenters. The van der Waals surface area contributed by atoms with E-state index in [1.807, 2.05) is 15.7 Å². The monoisotopic (exact) mass is 456 g/mol. The smallest absolute Gasteiger partial charge is 0.293 e. The molecule has 2 aromatic rings. The van der Waals surface area contributed by atoms with Crippen LogP contribution in [0.25, 0.3) is 0 Å². The van der Waals surface area contributed by atoms with E-state index in [9.17, 15) is 13.2 Å². The van der Waals surface area contributed by atoms with Crippen molar-refractivity contribution in [2.75, 3.05) is 36.0 Å². The van der Waals surface area contributed by atoms with E-state index in [-0.39, 0.29) is 23.1 Å². The van der Waals surface area contributed by atoms with Crippen LogP contribution in [0.15, 0.2) is 35.3 Å². The van der Waals surface area contributed by atoms with E-state index in [0.717, 1.165) is 37.9 Å². The van der Waals surface area contributed by atoms with Gasteiger partial charge in [-0.3, -0.25) is 4.79 Å². The summed E-state index contributed by atoms with van der Waals surface area (Å²) in [6.45, 7) is 3.74. The summed E-state index contributed by atoms with van der Waals surface area (Å²) in [5.74, 6) is 1.23. The van der Waals surface area contributed by atoms with Gasteiger partial charge in [0.25, 0.3) is 5.56 Å². The Hall–Kier alpha value is -2.19. The summed E-state index contributed by atoms with van der Waals surface area (Å²) in [5, 5.41) is 3.66. The molecule has 1 N–H and O–H groups in total. The molecule has 1 aromatic heterocycles. The molecule has 2 aliphatic carbocycles. The first-order valence-corrected chi connectivity index (χ1v) is 13.6. The molecule has 1 aliphatic heterocycles. The van der Waals surface area contributed by atoms with Crippen molar-refractivity contribution in [3.05, 3.63) is 57.6 Å². The number of anilines is 1. The van der Waals surface area contributed by atoms with Crippen molar-refractivity contribution >= 4 is 15.7 Å². The summed E-state index contributed by atoms with van der Waals surface area (Å²) < 4.78 is 25.4. The van der Waals surface area contributed by atoms with Crippen LogP contribution in [0.2, 0.25) is 0 Å². The fourth-order valence-electron chi connectivity index (χ4n) is 4.58. The summed E-state index contributed by atoms with van der Waals surface area (Å²) in [6, 6.07) is 9.66. The predicted molar refractivity (Wildman–Crippen MR) is 126 cm³/mol. The minimum Gasteiger partial charge on any atom is -0.350 e. The normalized spacial score (nSPS) is 24.5. The van der Waals surface area contributed by atoms with Crippen LogP contribution in [0, 0.1) is 6.92 Å². The summed E-state index contributed by atoms with van der Waals surface area (Å²) in [5.41, 5.74) is 3.56. The molecule has 1 aromatic carbocycles. The largest absolute Gasteiger partial charge is 0.350 e. The van der Waals surface area contributed by atoms with Crippen molar-refractivity contribution in [2.45, 2.75) is 57.0 Å². The molecule has 0 radical (unpaired) electrons. The van der Waals surface area contributed by atoms with Gasteiger partial charge in [0, 0.05) is 37.3 Å². The lowest BCUT2D eigenvalue weighted by atomic mass is 10.1. The van der Waals surface area contributed by atoms with Gasteiger partial charge < -0.3 is 14.8 Å². The highest BCUT2D eigenvalue weighted by Gasteiger charge is 2.37. The van der Waals surface area contributed by atoms with E-state index in [2.05, 4.69) is 41.5 Å². The van der Waals surface area contributed by atoms with Crippen LogP contribution >= 0.6 is 0 Å². The van der Waals surface area contributed by atoms with Gasteiger partial charge in [0.15, 0.2) is 15.7 Å². The van der Waals surface area contributed by atoms with Crippen LogP contribution in [0.3, 0.4) is 0 Å². The second kappa shape index (κ2) is 8.63. The van der Waals surface area contributed by atoms with Crippen molar-refractivity contribution in [3.63, 3.8) is 0 Å². The maximum Gasteiger partial charge on any atom is 0.293 e. The van der Waals surface area contributed by atoms with Gasteiger partial charge in [0.05, 0.1) is 17.2 Å². The van der Waals surface area contributed by atoms with Gasteiger partial charge in [0.2, 0.25) is 0 Å². The Labute approximate surface area is 189 Å². The fourth-order valence-corrected chi connectivity index (χ4v) is 5.78. The first-order chi connectivity index (χ1) is 15.4. The molecule has 2 heterocycles. The Kier molecular flexibility index (Phi) is 5.84. The molecule has 0 bridgehead atoms. The van der Waals surface area contributed by atoms with E-state index >= 15 is 0 Å². The third kappa shape index (κ3) is 4.91. The average Bonchev–Trinajstić information content (AvgIpc) is 3.68. The molecule has 3 aliphatic rings. The summed E-state index contributed by atoms with van der Waals surface area (Å²) in [4.78, 5) is 19.5. The molecule has 0 spiro atoms. The Balaban J connectivity index is 1.19. The number of rotatable bonds is 8. The van der Waals surface area contributed by atoms with Gasteiger partial charge in [-0.25, -0.2) is 13.4 Å².